The molecular weight excluding hydrogens is 352 g/mol. The van der Waals surface area contributed by atoms with Crippen molar-refractivity contribution in [1.82, 2.24) is 19.5 Å². The minimum atomic E-state index is -0.0724. The van der Waals surface area contributed by atoms with Crippen LogP contribution in [0.25, 0.3) is 11.4 Å². The van der Waals surface area contributed by atoms with Crippen LogP contribution in [0.15, 0.2) is 53.7 Å². The highest BCUT2D eigenvalue weighted by Crippen LogP contribution is 2.36. The number of benzene rings is 1. The van der Waals surface area contributed by atoms with Gasteiger partial charge in [-0.05, 0) is 31.5 Å². The highest BCUT2D eigenvalue weighted by Gasteiger charge is 2.44. The van der Waals surface area contributed by atoms with Gasteiger partial charge in [-0.1, -0.05) is 17.7 Å². The molecule has 2 saturated heterocycles. The summed E-state index contributed by atoms with van der Waals surface area (Å²) < 4.78 is 1.64. The third-order valence-electron chi connectivity index (χ3n) is 5.82. The van der Waals surface area contributed by atoms with Crippen LogP contribution in [0, 0.1) is 6.92 Å². The van der Waals surface area contributed by atoms with Crippen molar-refractivity contribution in [2.75, 3.05) is 22.9 Å². The Kier molecular flexibility index (Phi) is 3.89. The minimum Gasteiger partial charge on any atom is -0.365 e. The van der Waals surface area contributed by atoms with E-state index in [1.807, 2.05) is 0 Å². The SMILES string of the molecule is Cc1ccc(N2C[C@H]3CC2CN3c2nc(-c3ccncn3)cc(=O)n2C)cc1. The second kappa shape index (κ2) is 6.44. The Morgan fingerprint density at radius 2 is 1.75 bits per heavy atom. The molecule has 3 aromatic rings. The van der Waals surface area contributed by atoms with Crippen LogP contribution in [0.4, 0.5) is 11.6 Å². The summed E-state index contributed by atoms with van der Waals surface area (Å²) in [7, 11) is 1.79. The first-order valence-corrected chi connectivity index (χ1v) is 9.54. The van der Waals surface area contributed by atoms with Crippen molar-refractivity contribution in [1.29, 1.82) is 0 Å². The molecule has 2 atom stereocenters. The lowest BCUT2D eigenvalue weighted by molar-refractivity contribution is 0.614. The van der Waals surface area contributed by atoms with Crippen molar-refractivity contribution in [3.63, 3.8) is 0 Å². The van der Waals surface area contributed by atoms with E-state index in [2.05, 4.69) is 51.0 Å². The first-order valence-electron chi connectivity index (χ1n) is 9.54. The fourth-order valence-corrected chi connectivity index (χ4v) is 4.32. The zero-order chi connectivity index (χ0) is 19.3. The van der Waals surface area contributed by atoms with Crippen LogP contribution >= 0.6 is 0 Å². The van der Waals surface area contributed by atoms with Gasteiger partial charge in [-0.3, -0.25) is 9.36 Å². The summed E-state index contributed by atoms with van der Waals surface area (Å²) in [6.45, 7) is 3.92. The second-order valence-corrected chi connectivity index (χ2v) is 7.62. The molecule has 0 N–H and O–H groups in total. The average molecular weight is 374 g/mol. The molecule has 0 spiro atoms. The van der Waals surface area contributed by atoms with Gasteiger partial charge in [0.15, 0.2) is 0 Å². The number of hydrogen-bond acceptors (Lipinski definition) is 6. The van der Waals surface area contributed by atoms with E-state index in [0.717, 1.165) is 25.5 Å². The number of hydrogen-bond donors (Lipinski definition) is 0. The van der Waals surface area contributed by atoms with Gasteiger partial charge in [-0.15, -0.1) is 0 Å². The van der Waals surface area contributed by atoms with Crippen molar-refractivity contribution in [3.05, 3.63) is 64.8 Å². The van der Waals surface area contributed by atoms with E-state index in [0.29, 0.717) is 23.5 Å². The Bertz CT molecular complexity index is 1060. The van der Waals surface area contributed by atoms with Gasteiger partial charge in [0.1, 0.15) is 6.33 Å². The van der Waals surface area contributed by atoms with Gasteiger partial charge < -0.3 is 9.80 Å². The largest absolute Gasteiger partial charge is 0.365 e. The molecule has 7 heteroatoms. The standard InChI is InChI=1S/C21H22N6O/c1-14-3-5-15(6-4-14)26-11-17-9-16(26)12-27(17)21-24-19(10-20(28)25(21)2)18-7-8-22-13-23-18/h3-8,10,13,16-17H,9,11-12H2,1-2H3/t16?,17-/m1/s1. The zero-order valence-electron chi connectivity index (χ0n) is 16.0. The monoisotopic (exact) mass is 374 g/mol. The number of anilines is 2. The molecular formula is C21H22N6O. The van der Waals surface area contributed by atoms with Crippen molar-refractivity contribution >= 4 is 11.6 Å². The van der Waals surface area contributed by atoms with E-state index >= 15 is 0 Å². The predicted octanol–water partition coefficient (Wildman–Crippen LogP) is 2.01. The Morgan fingerprint density at radius 3 is 2.43 bits per heavy atom. The lowest BCUT2D eigenvalue weighted by atomic mass is 10.2. The highest BCUT2D eigenvalue weighted by molar-refractivity contribution is 5.58. The maximum Gasteiger partial charge on any atom is 0.255 e. The summed E-state index contributed by atoms with van der Waals surface area (Å²) in [4.78, 5) is 30.3. The maximum absolute atomic E-state index is 12.6. The molecule has 2 aliphatic heterocycles. The predicted molar refractivity (Wildman–Crippen MR) is 109 cm³/mol. The van der Waals surface area contributed by atoms with E-state index in [-0.39, 0.29) is 5.56 Å². The van der Waals surface area contributed by atoms with Crippen LogP contribution in [0.1, 0.15) is 12.0 Å². The number of rotatable bonds is 3. The molecule has 2 aliphatic rings. The van der Waals surface area contributed by atoms with Crippen LogP contribution in [0.2, 0.25) is 0 Å². The Hall–Kier alpha value is -3.22. The van der Waals surface area contributed by atoms with Gasteiger partial charge >= 0.3 is 0 Å². The smallest absolute Gasteiger partial charge is 0.255 e. The first kappa shape index (κ1) is 16.9. The van der Waals surface area contributed by atoms with Crippen LogP contribution < -0.4 is 15.4 Å². The van der Waals surface area contributed by atoms with Crippen LogP contribution in [0.5, 0.6) is 0 Å². The summed E-state index contributed by atoms with van der Waals surface area (Å²) in [5, 5.41) is 0. The molecule has 1 unspecified atom stereocenters. The lowest BCUT2D eigenvalue weighted by Gasteiger charge is -2.36. The Morgan fingerprint density at radius 1 is 1.00 bits per heavy atom. The van der Waals surface area contributed by atoms with Crippen molar-refractivity contribution in [2.45, 2.75) is 25.4 Å². The molecule has 2 fully saturated rings. The third kappa shape index (κ3) is 2.74. The van der Waals surface area contributed by atoms with Gasteiger partial charge in [0.05, 0.1) is 17.4 Å². The van der Waals surface area contributed by atoms with Gasteiger partial charge in [0.2, 0.25) is 5.95 Å². The highest BCUT2D eigenvalue weighted by atomic mass is 16.1. The molecule has 142 valence electrons. The van der Waals surface area contributed by atoms with E-state index in [9.17, 15) is 4.79 Å². The number of aryl methyl sites for hydroxylation is 1. The maximum atomic E-state index is 12.6. The third-order valence-corrected chi connectivity index (χ3v) is 5.82. The van der Waals surface area contributed by atoms with Gasteiger partial charge in [0, 0.05) is 44.1 Å². The molecule has 2 aromatic heterocycles. The first-order chi connectivity index (χ1) is 13.6. The summed E-state index contributed by atoms with van der Waals surface area (Å²) >= 11 is 0. The fraction of sp³-hybridized carbons (Fsp3) is 0.333. The minimum absolute atomic E-state index is 0.0724. The van der Waals surface area contributed by atoms with E-state index < -0.39 is 0 Å². The second-order valence-electron chi connectivity index (χ2n) is 7.62. The lowest BCUT2D eigenvalue weighted by Crippen LogP contribution is -2.48. The Balaban J connectivity index is 1.45. The molecule has 1 aromatic carbocycles. The fourth-order valence-electron chi connectivity index (χ4n) is 4.32. The molecule has 5 rings (SSSR count). The van der Waals surface area contributed by atoms with Gasteiger partial charge in [0.25, 0.3) is 5.56 Å². The Labute approximate surface area is 163 Å². The summed E-state index contributed by atoms with van der Waals surface area (Å²) in [6, 6.07) is 12.8. The number of fused-ring (bicyclic) bond motifs is 2. The quantitative estimate of drug-likeness (QED) is 0.699. The summed E-state index contributed by atoms with van der Waals surface area (Å²) in [5.41, 5.74) is 3.74. The molecule has 0 aliphatic carbocycles. The molecule has 0 saturated carbocycles. The number of piperazine rings is 1. The summed E-state index contributed by atoms with van der Waals surface area (Å²) in [5.74, 6) is 0.720. The van der Waals surface area contributed by atoms with Crippen LogP contribution in [-0.4, -0.2) is 44.7 Å². The van der Waals surface area contributed by atoms with E-state index in [1.165, 1.54) is 17.6 Å². The van der Waals surface area contributed by atoms with Crippen molar-refractivity contribution in [3.8, 4) is 11.4 Å². The van der Waals surface area contributed by atoms with E-state index in [1.54, 1.807) is 29.9 Å². The molecule has 0 radical (unpaired) electrons. The number of nitrogens with zero attached hydrogens (tertiary/aromatic N) is 6. The van der Waals surface area contributed by atoms with E-state index in [4.69, 9.17) is 4.98 Å². The molecule has 2 bridgehead atoms. The van der Waals surface area contributed by atoms with Gasteiger partial charge in [-0.25, -0.2) is 15.0 Å². The molecule has 4 heterocycles. The van der Waals surface area contributed by atoms with Crippen LogP contribution in [0.3, 0.4) is 0 Å². The van der Waals surface area contributed by atoms with Crippen molar-refractivity contribution in [2.24, 2.45) is 7.05 Å². The topological polar surface area (TPSA) is 67.2 Å². The average Bonchev–Trinajstić information content (AvgIpc) is 3.32. The summed E-state index contributed by atoms with van der Waals surface area (Å²) in [6.07, 6.45) is 4.23. The molecule has 7 nitrogen and oxygen atoms in total. The van der Waals surface area contributed by atoms with Crippen LogP contribution in [-0.2, 0) is 7.05 Å². The number of aromatic nitrogens is 4. The molecule has 28 heavy (non-hydrogen) atoms. The van der Waals surface area contributed by atoms with Crippen molar-refractivity contribution < 1.29 is 0 Å². The zero-order valence-corrected chi connectivity index (χ0v) is 16.0. The normalized spacial score (nSPS) is 20.8. The molecule has 0 amide bonds. The van der Waals surface area contributed by atoms with Gasteiger partial charge in [-0.2, -0.15) is 0 Å².